The number of phenols is 4. The number of ether oxygens (including phenoxy) is 2. The molecule has 0 fully saturated rings. The van der Waals surface area contributed by atoms with Crippen LogP contribution < -0.4 is 14.8 Å². The molecule has 3 aromatic rings. The summed E-state index contributed by atoms with van der Waals surface area (Å²) < 4.78 is 10.5. The van der Waals surface area contributed by atoms with Crippen molar-refractivity contribution in [2.75, 3.05) is 7.11 Å². The molecule has 0 aromatic heterocycles. The summed E-state index contributed by atoms with van der Waals surface area (Å²) in [5, 5.41) is 40.8. The van der Waals surface area contributed by atoms with Gasteiger partial charge in [-0.2, -0.15) is 0 Å². The number of nitrogens with one attached hydrogen (secondary N) is 1. The fourth-order valence-electron chi connectivity index (χ4n) is 2.74. The van der Waals surface area contributed by atoms with Crippen LogP contribution in [0.3, 0.4) is 0 Å². The highest BCUT2D eigenvalue weighted by molar-refractivity contribution is 5.97. The van der Waals surface area contributed by atoms with Crippen molar-refractivity contribution in [2.45, 2.75) is 6.54 Å². The summed E-state index contributed by atoms with van der Waals surface area (Å²) >= 11 is 0. The molecule has 0 saturated carbocycles. The molecule has 0 aliphatic carbocycles. The Bertz CT molecular complexity index is 1140. The lowest BCUT2D eigenvalue weighted by atomic mass is 10.1. The summed E-state index contributed by atoms with van der Waals surface area (Å²) in [6.07, 6.45) is 0. The molecule has 0 heterocycles. The summed E-state index contributed by atoms with van der Waals surface area (Å²) in [5.74, 6) is -2.23. The molecule has 0 saturated heterocycles. The van der Waals surface area contributed by atoms with E-state index in [0.29, 0.717) is 5.56 Å². The molecule has 160 valence electrons. The SMILES string of the molecule is COc1cc(CNC(=O)c2ccc(O)cc2O)ccc1OC(=O)c1ccc(O)cc1O. The summed E-state index contributed by atoms with van der Waals surface area (Å²) in [7, 11) is 1.38. The fraction of sp³-hybridized carbons (Fsp3) is 0.0909. The van der Waals surface area contributed by atoms with Crippen LogP contribution in [-0.4, -0.2) is 39.4 Å². The lowest BCUT2D eigenvalue weighted by molar-refractivity contribution is 0.0726. The third-order valence-electron chi connectivity index (χ3n) is 4.31. The van der Waals surface area contributed by atoms with Crippen molar-refractivity contribution in [1.29, 1.82) is 0 Å². The van der Waals surface area contributed by atoms with Gasteiger partial charge in [0.05, 0.1) is 12.7 Å². The van der Waals surface area contributed by atoms with Gasteiger partial charge >= 0.3 is 5.97 Å². The van der Waals surface area contributed by atoms with E-state index in [1.165, 1.54) is 37.4 Å². The van der Waals surface area contributed by atoms with Gasteiger partial charge in [-0.1, -0.05) is 6.07 Å². The van der Waals surface area contributed by atoms with E-state index in [0.717, 1.165) is 12.1 Å². The quantitative estimate of drug-likeness (QED) is 0.299. The molecule has 0 bridgehead atoms. The number of carbonyl (C=O) groups excluding carboxylic acids is 2. The van der Waals surface area contributed by atoms with E-state index in [-0.39, 0.29) is 46.4 Å². The van der Waals surface area contributed by atoms with E-state index in [1.54, 1.807) is 12.1 Å². The topological polar surface area (TPSA) is 146 Å². The van der Waals surface area contributed by atoms with Crippen LogP contribution in [0.15, 0.2) is 54.6 Å². The van der Waals surface area contributed by atoms with Gasteiger partial charge in [0.25, 0.3) is 5.91 Å². The van der Waals surface area contributed by atoms with E-state index < -0.39 is 17.6 Å². The molecule has 31 heavy (non-hydrogen) atoms. The van der Waals surface area contributed by atoms with Crippen LogP contribution in [0.5, 0.6) is 34.5 Å². The van der Waals surface area contributed by atoms with Crippen LogP contribution in [0, 0.1) is 0 Å². The number of methoxy groups -OCH3 is 1. The Hall–Kier alpha value is -4.40. The number of benzene rings is 3. The normalized spacial score (nSPS) is 10.4. The largest absolute Gasteiger partial charge is 0.508 e. The van der Waals surface area contributed by atoms with Crippen molar-refractivity contribution in [3.8, 4) is 34.5 Å². The molecule has 0 aliphatic heterocycles. The lowest BCUT2D eigenvalue weighted by Crippen LogP contribution is -2.22. The van der Waals surface area contributed by atoms with Gasteiger partial charge in [-0.15, -0.1) is 0 Å². The molecule has 9 nitrogen and oxygen atoms in total. The molecular weight excluding hydrogens is 406 g/mol. The van der Waals surface area contributed by atoms with E-state index in [1.807, 2.05) is 0 Å². The molecule has 3 rings (SSSR count). The van der Waals surface area contributed by atoms with Gasteiger partial charge in [0.2, 0.25) is 0 Å². The number of amides is 1. The number of hydrogen-bond acceptors (Lipinski definition) is 8. The molecule has 0 atom stereocenters. The molecule has 1 amide bonds. The van der Waals surface area contributed by atoms with Gasteiger partial charge in [-0.3, -0.25) is 4.79 Å². The number of esters is 1. The predicted octanol–water partition coefficient (Wildman–Crippen LogP) is 2.67. The highest BCUT2D eigenvalue weighted by Crippen LogP contribution is 2.31. The minimum Gasteiger partial charge on any atom is -0.508 e. The van der Waals surface area contributed by atoms with Gasteiger partial charge in [0, 0.05) is 18.7 Å². The Morgan fingerprint density at radius 2 is 1.42 bits per heavy atom. The van der Waals surface area contributed by atoms with Crippen molar-refractivity contribution in [3.63, 3.8) is 0 Å². The Kier molecular flexibility index (Phi) is 6.15. The van der Waals surface area contributed by atoms with Crippen molar-refractivity contribution in [1.82, 2.24) is 5.32 Å². The second-order valence-electron chi connectivity index (χ2n) is 6.46. The highest BCUT2D eigenvalue weighted by Gasteiger charge is 2.17. The number of aromatic hydroxyl groups is 4. The lowest BCUT2D eigenvalue weighted by Gasteiger charge is -2.12. The van der Waals surface area contributed by atoms with Crippen LogP contribution >= 0.6 is 0 Å². The molecule has 0 spiro atoms. The summed E-state index contributed by atoms with van der Waals surface area (Å²) in [6.45, 7) is 0.0858. The monoisotopic (exact) mass is 425 g/mol. The molecule has 0 unspecified atom stereocenters. The zero-order valence-corrected chi connectivity index (χ0v) is 16.3. The summed E-state index contributed by atoms with van der Waals surface area (Å²) in [4.78, 5) is 24.5. The first-order valence-electron chi connectivity index (χ1n) is 8.99. The fourth-order valence-corrected chi connectivity index (χ4v) is 2.74. The van der Waals surface area contributed by atoms with Gasteiger partial charge in [0.1, 0.15) is 28.6 Å². The smallest absolute Gasteiger partial charge is 0.347 e. The average Bonchev–Trinajstić information content (AvgIpc) is 2.72. The van der Waals surface area contributed by atoms with E-state index in [2.05, 4.69) is 5.32 Å². The average molecular weight is 425 g/mol. The van der Waals surface area contributed by atoms with Crippen LogP contribution in [-0.2, 0) is 6.54 Å². The molecule has 9 heteroatoms. The van der Waals surface area contributed by atoms with Crippen molar-refractivity contribution < 1.29 is 39.5 Å². The summed E-state index contributed by atoms with van der Waals surface area (Å²) in [6, 6.07) is 11.7. The molecule has 0 radical (unpaired) electrons. The van der Waals surface area contributed by atoms with E-state index >= 15 is 0 Å². The van der Waals surface area contributed by atoms with Crippen LogP contribution in [0.1, 0.15) is 26.3 Å². The third kappa shape index (κ3) is 4.96. The number of phenolic OH excluding ortho intramolecular Hbond substituents is 4. The molecule has 3 aromatic carbocycles. The zero-order valence-electron chi connectivity index (χ0n) is 16.3. The van der Waals surface area contributed by atoms with Crippen LogP contribution in [0.4, 0.5) is 0 Å². The van der Waals surface area contributed by atoms with Crippen molar-refractivity contribution in [2.24, 2.45) is 0 Å². The Morgan fingerprint density at radius 3 is 2.00 bits per heavy atom. The van der Waals surface area contributed by atoms with Gasteiger partial charge in [-0.25, -0.2) is 4.79 Å². The molecule has 5 N–H and O–H groups in total. The maximum absolute atomic E-state index is 12.3. The standard InChI is InChI=1S/C22H19NO8/c1-30-20-8-12(11-23-21(28)15-5-3-13(24)9-17(15)26)2-7-19(20)31-22(29)16-6-4-14(25)10-18(16)27/h2-10,24-27H,11H2,1H3,(H,23,28). The number of hydrogen-bond donors (Lipinski definition) is 5. The number of rotatable bonds is 6. The highest BCUT2D eigenvalue weighted by atomic mass is 16.6. The van der Waals surface area contributed by atoms with E-state index in [4.69, 9.17) is 9.47 Å². The first kappa shape index (κ1) is 21.3. The third-order valence-corrected chi connectivity index (χ3v) is 4.31. The second kappa shape index (κ2) is 8.95. The molecule has 0 aliphatic rings. The van der Waals surface area contributed by atoms with Crippen molar-refractivity contribution in [3.05, 3.63) is 71.3 Å². The maximum atomic E-state index is 12.3. The minimum absolute atomic E-state index is 0.00372. The van der Waals surface area contributed by atoms with Gasteiger partial charge in [0.15, 0.2) is 11.5 Å². The number of carbonyl (C=O) groups is 2. The maximum Gasteiger partial charge on any atom is 0.347 e. The Morgan fingerprint density at radius 1 is 0.806 bits per heavy atom. The van der Waals surface area contributed by atoms with Gasteiger partial charge < -0.3 is 35.2 Å². The zero-order chi connectivity index (χ0) is 22.5. The van der Waals surface area contributed by atoms with Crippen LogP contribution in [0.2, 0.25) is 0 Å². The summed E-state index contributed by atoms with van der Waals surface area (Å²) in [5.41, 5.74) is 0.490. The van der Waals surface area contributed by atoms with Crippen molar-refractivity contribution >= 4 is 11.9 Å². The second-order valence-corrected chi connectivity index (χ2v) is 6.46. The van der Waals surface area contributed by atoms with E-state index in [9.17, 15) is 30.0 Å². The minimum atomic E-state index is -0.848. The predicted molar refractivity (Wildman–Crippen MR) is 109 cm³/mol. The Balaban J connectivity index is 1.70. The Labute approximate surface area is 176 Å². The first-order valence-corrected chi connectivity index (χ1v) is 8.99. The molecular formula is C22H19NO8. The van der Waals surface area contributed by atoms with Crippen LogP contribution in [0.25, 0.3) is 0 Å². The van der Waals surface area contributed by atoms with Gasteiger partial charge in [-0.05, 0) is 42.0 Å². The first-order chi connectivity index (χ1) is 14.8.